The maximum Gasteiger partial charge on any atom is 0.334 e. The third kappa shape index (κ3) is 3.17. The van der Waals surface area contributed by atoms with E-state index in [1.807, 2.05) is 0 Å². The maximum atomic E-state index is 13.3. The van der Waals surface area contributed by atoms with Gasteiger partial charge in [-0.05, 0) is 68.0 Å². The van der Waals surface area contributed by atoms with Crippen LogP contribution in [0.1, 0.15) is 59.3 Å². The van der Waals surface area contributed by atoms with E-state index in [2.05, 4.69) is 40.4 Å². The predicted molar refractivity (Wildman–Crippen MR) is 123 cm³/mol. The molecule has 180 valence electrons. The molecular formula is C25H40O6Si. The number of hydrogen-bond donors (Lipinski definition) is 1. The summed E-state index contributed by atoms with van der Waals surface area (Å²) in [5, 5.41) is 9.71. The lowest BCUT2D eigenvalue weighted by molar-refractivity contribution is -0.157. The zero-order valence-electron chi connectivity index (χ0n) is 20.5. The third-order valence-corrected chi connectivity index (χ3v) is 14.2. The summed E-state index contributed by atoms with van der Waals surface area (Å²) in [7, 11) is -0.548. The molecule has 0 aromatic carbocycles. The van der Waals surface area contributed by atoms with Crippen molar-refractivity contribution in [1.82, 2.24) is 0 Å². The van der Waals surface area contributed by atoms with Gasteiger partial charge in [0.2, 0.25) is 0 Å². The molecule has 6 nitrogen and oxygen atoms in total. The van der Waals surface area contributed by atoms with Crippen molar-refractivity contribution in [3.8, 4) is 0 Å². The van der Waals surface area contributed by atoms with Crippen molar-refractivity contribution in [2.75, 3.05) is 13.7 Å². The van der Waals surface area contributed by atoms with Crippen LogP contribution in [-0.4, -0.2) is 50.8 Å². The molecule has 0 radical (unpaired) electrons. The SMILES string of the molecule is C=C1C(=O)O[C@]2(CCCO)[C@@H]3CC[C@@H]4C[C@]3(C[C@@H]4O[Si](C)(C)C(C)(C)C)[C@@H](C(=O)OC)[C@H]12. The largest absolute Gasteiger partial charge is 0.469 e. The molecule has 7 atom stereocenters. The van der Waals surface area contributed by atoms with Crippen LogP contribution in [0.5, 0.6) is 0 Å². The fraction of sp³-hybridized carbons (Fsp3) is 0.840. The molecule has 4 aliphatic rings. The van der Waals surface area contributed by atoms with Crippen LogP contribution in [0.2, 0.25) is 18.1 Å². The highest BCUT2D eigenvalue weighted by Gasteiger charge is 2.77. The molecule has 3 aliphatic carbocycles. The van der Waals surface area contributed by atoms with Crippen molar-refractivity contribution >= 4 is 20.3 Å². The number of esters is 2. The van der Waals surface area contributed by atoms with Crippen molar-refractivity contribution in [2.24, 2.45) is 29.1 Å². The quantitative estimate of drug-likeness (QED) is 0.360. The third-order valence-electron chi connectivity index (χ3n) is 9.69. The van der Waals surface area contributed by atoms with E-state index in [1.165, 1.54) is 7.11 Å². The van der Waals surface area contributed by atoms with Crippen LogP contribution in [0.3, 0.4) is 0 Å². The smallest absolute Gasteiger partial charge is 0.334 e. The van der Waals surface area contributed by atoms with E-state index >= 15 is 0 Å². The molecule has 32 heavy (non-hydrogen) atoms. The number of carbonyl (C=O) groups excluding carboxylic acids is 2. The highest BCUT2D eigenvalue weighted by molar-refractivity contribution is 6.74. The summed E-state index contributed by atoms with van der Waals surface area (Å²) >= 11 is 0. The number of aliphatic hydroxyl groups is 1. The first-order chi connectivity index (χ1) is 14.8. The van der Waals surface area contributed by atoms with Gasteiger partial charge in [0.25, 0.3) is 0 Å². The second-order valence-electron chi connectivity index (χ2n) is 12.1. The number of fused-ring (bicyclic) bond motifs is 3. The van der Waals surface area contributed by atoms with Crippen molar-refractivity contribution in [3.05, 3.63) is 12.2 Å². The average Bonchev–Trinajstić information content (AvgIpc) is 3.21. The van der Waals surface area contributed by atoms with Crippen LogP contribution in [0.15, 0.2) is 12.2 Å². The van der Waals surface area contributed by atoms with E-state index < -0.39 is 25.8 Å². The molecule has 1 spiro atoms. The fourth-order valence-corrected chi connectivity index (χ4v) is 8.83. The second kappa shape index (κ2) is 7.67. The molecule has 1 aliphatic heterocycles. The van der Waals surface area contributed by atoms with Gasteiger partial charge in [0.05, 0.1) is 13.0 Å². The van der Waals surface area contributed by atoms with Crippen LogP contribution in [0.4, 0.5) is 0 Å². The molecular weight excluding hydrogens is 424 g/mol. The number of methoxy groups -OCH3 is 1. The van der Waals surface area contributed by atoms with Gasteiger partial charge in [0.15, 0.2) is 8.32 Å². The van der Waals surface area contributed by atoms with Crippen LogP contribution in [-0.2, 0) is 23.5 Å². The molecule has 3 saturated carbocycles. The summed E-state index contributed by atoms with van der Waals surface area (Å²) in [6.45, 7) is 15.5. The highest BCUT2D eigenvalue weighted by Crippen LogP contribution is 2.74. The molecule has 1 N–H and O–H groups in total. The van der Waals surface area contributed by atoms with Gasteiger partial charge >= 0.3 is 11.9 Å². The standard InChI is InChI=1S/C25H40O6Si/c1-15-19-20(22(28)29-5)24-13-16(17(14-24)31-32(6,7)23(2,3)4)9-10-18(24)25(19,11-8-12-26)30-21(15)27/h16-20,26H,1,8-14H2,2-7H3/t16-,17+,18-,19+,20-,24-,25-/m1/s1. The molecule has 4 fully saturated rings. The second-order valence-corrected chi connectivity index (χ2v) is 16.9. The minimum Gasteiger partial charge on any atom is -0.469 e. The van der Waals surface area contributed by atoms with Crippen LogP contribution >= 0.6 is 0 Å². The summed E-state index contributed by atoms with van der Waals surface area (Å²) in [4.78, 5) is 26.0. The molecule has 1 heterocycles. The Hall–Kier alpha value is -1.18. The molecule has 4 rings (SSSR count). The Bertz CT molecular complexity index is 816. The number of ether oxygens (including phenoxy) is 2. The number of aliphatic hydroxyl groups excluding tert-OH is 1. The van der Waals surface area contributed by atoms with Gasteiger partial charge in [-0.2, -0.15) is 0 Å². The van der Waals surface area contributed by atoms with E-state index in [4.69, 9.17) is 13.9 Å². The monoisotopic (exact) mass is 464 g/mol. The molecule has 0 unspecified atom stereocenters. The van der Waals surface area contributed by atoms with Gasteiger partial charge in [-0.25, -0.2) is 4.79 Å². The topological polar surface area (TPSA) is 82.1 Å². The lowest BCUT2D eigenvalue weighted by Crippen LogP contribution is -2.45. The van der Waals surface area contributed by atoms with E-state index in [9.17, 15) is 14.7 Å². The Balaban J connectivity index is 1.77. The van der Waals surface area contributed by atoms with Crippen LogP contribution in [0.25, 0.3) is 0 Å². The molecule has 0 aromatic heterocycles. The van der Waals surface area contributed by atoms with Gasteiger partial charge in [-0.1, -0.05) is 27.4 Å². The Labute approximate surface area is 193 Å². The minimum absolute atomic E-state index is 0.0286. The van der Waals surface area contributed by atoms with Crippen molar-refractivity contribution in [2.45, 2.75) is 89.1 Å². The first-order valence-electron chi connectivity index (χ1n) is 12.1. The maximum absolute atomic E-state index is 13.3. The highest BCUT2D eigenvalue weighted by atomic mass is 28.4. The summed E-state index contributed by atoms with van der Waals surface area (Å²) in [5.74, 6) is -1.03. The van der Waals surface area contributed by atoms with Crippen LogP contribution < -0.4 is 0 Å². The summed E-state index contributed by atoms with van der Waals surface area (Å²) in [6.07, 6.45) is 4.82. The summed E-state index contributed by atoms with van der Waals surface area (Å²) < 4.78 is 18.4. The molecule has 0 aromatic rings. The van der Waals surface area contributed by atoms with Gasteiger partial charge < -0.3 is 19.0 Å². The first kappa shape index (κ1) is 24.0. The summed E-state index contributed by atoms with van der Waals surface area (Å²) in [6, 6.07) is 0. The number of hydrogen-bond acceptors (Lipinski definition) is 6. The first-order valence-corrected chi connectivity index (χ1v) is 15.0. The normalized spacial score (nSPS) is 40.8. The Kier molecular flexibility index (Phi) is 5.74. The average molecular weight is 465 g/mol. The van der Waals surface area contributed by atoms with Crippen molar-refractivity contribution in [3.63, 3.8) is 0 Å². The Morgan fingerprint density at radius 3 is 2.56 bits per heavy atom. The van der Waals surface area contributed by atoms with Gasteiger partial charge in [-0.15, -0.1) is 0 Å². The Morgan fingerprint density at radius 2 is 1.97 bits per heavy atom. The van der Waals surface area contributed by atoms with Crippen molar-refractivity contribution < 1.29 is 28.6 Å². The van der Waals surface area contributed by atoms with E-state index in [1.54, 1.807) is 0 Å². The van der Waals surface area contributed by atoms with E-state index in [0.717, 1.165) is 25.7 Å². The van der Waals surface area contributed by atoms with Gasteiger partial charge in [0, 0.05) is 30.1 Å². The molecule has 2 bridgehead atoms. The van der Waals surface area contributed by atoms with E-state index in [-0.39, 0.29) is 41.0 Å². The molecule has 7 heteroatoms. The Morgan fingerprint density at radius 1 is 1.28 bits per heavy atom. The molecule has 1 saturated heterocycles. The number of carbonyl (C=O) groups is 2. The van der Waals surface area contributed by atoms with Crippen LogP contribution in [0, 0.1) is 29.1 Å². The lowest BCUT2D eigenvalue weighted by atomic mass is 9.63. The summed E-state index contributed by atoms with van der Waals surface area (Å²) in [5.41, 5.74) is -0.688. The lowest BCUT2D eigenvalue weighted by Gasteiger charge is -2.43. The zero-order chi connectivity index (χ0) is 23.7. The zero-order valence-corrected chi connectivity index (χ0v) is 21.5. The van der Waals surface area contributed by atoms with Gasteiger partial charge in [-0.3, -0.25) is 4.79 Å². The van der Waals surface area contributed by atoms with Gasteiger partial charge in [0.1, 0.15) is 5.60 Å². The van der Waals surface area contributed by atoms with E-state index in [0.29, 0.717) is 24.3 Å². The van der Waals surface area contributed by atoms with Crippen molar-refractivity contribution in [1.29, 1.82) is 0 Å². The minimum atomic E-state index is -1.98. The number of rotatable bonds is 6. The fourth-order valence-electron chi connectivity index (χ4n) is 7.44. The molecule has 0 amide bonds. The predicted octanol–water partition coefficient (Wildman–Crippen LogP) is 4.23.